The molecule has 0 radical (unpaired) electrons. The van der Waals surface area contributed by atoms with E-state index in [9.17, 15) is 4.79 Å². The van der Waals surface area contributed by atoms with E-state index >= 15 is 0 Å². The number of carbonyl (C=O) groups excluding carboxylic acids is 1. The van der Waals surface area contributed by atoms with Gasteiger partial charge in [0, 0.05) is 12.1 Å². The van der Waals surface area contributed by atoms with E-state index in [1.807, 2.05) is 0 Å². The van der Waals surface area contributed by atoms with Crippen LogP contribution in [0.4, 0.5) is 0 Å². The Bertz CT molecular complexity index is 374. The molecule has 1 aromatic rings. The van der Waals surface area contributed by atoms with Crippen LogP contribution in [0.5, 0.6) is 5.88 Å². The van der Waals surface area contributed by atoms with E-state index in [2.05, 4.69) is 15.5 Å². The Morgan fingerprint density at radius 1 is 1.47 bits per heavy atom. The highest BCUT2D eigenvalue weighted by Crippen LogP contribution is 2.10. The van der Waals surface area contributed by atoms with Crippen LogP contribution in [-0.4, -0.2) is 35.3 Å². The van der Waals surface area contributed by atoms with Crippen LogP contribution in [-0.2, 0) is 0 Å². The molecule has 0 saturated carbocycles. The van der Waals surface area contributed by atoms with E-state index in [1.165, 1.54) is 18.9 Å². The molecule has 6 nitrogen and oxygen atoms in total. The molecule has 1 amide bonds. The Hall–Kier alpha value is -1.69. The SMILES string of the molecule is NC(=O)c1ccc(OCC2CCCCN2)nn1. The number of nitrogens with two attached hydrogens (primary N) is 1. The first-order chi connectivity index (χ1) is 8.25. The monoisotopic (exact) mass is 236 g/mol. The first-order valence-electron chi connectivity index (χ1n) is 5.75. The minimum absolute atomic E-state index is 0.146. The summed E-state index contributed by atoms with van der Waals surface area (Å²) in [5.41, 5.74) is 5.21. The molecule has 1 aliphatic rings. The molecule has 1 saturated heterocycles. The summed E-state index contributed by atoms with van der Waals surface area (Å²) in [4.78, 5) is 10.8. The van der Waals surface area contributed by atoms with Crippen LogP contribution >= 0.6 is 0 Å². The van der Waals surface area contributed by atoms with Gasteiger partial charge in [-0.3, -0.25) is 4.79 Å². The molecule has 0 spiro atoms. The molecule has 0 aliphatic carbocycles. The number of hydrogen-bond acceptors (Lipinski definition) is 5. The Balaban J connectivity index is 1.84. The van der Waals surface area contributed by atoms with E-state index in [0.29, 0.717) is 18.5 Å². The molecule has 1 atom stereocenters. The summed E-state index contributed by atoms with van der Waals surface area (Å²) in [5.74, 6) is -0.166. The van der Waals surface area contributed by atoms with Crippen molar-refractivity contribution in [3.05, 3.63) is 17.8 Å². The molecule has 17 heavy (non-hydrogen) atoms. The third-order valence-electron chi connectivity index (χ3n) is 2.74. The van der Waals surface area contributed by atoms with E-state index < -0.39 is 5.91 Å². The Kier molecular flexibility index (Phi) is 3.87. The maximum atomic E-state index is 10.8. The molecule has 92 valence electrons. The Morgan fingerprint density at radius 2 is 2.35 bits per heavy atom. The number of carbonyl (C=O) groups is 1. The van der Waals surface area contributed by atoms with Crippen LogP contribution < -0.4 is 15.8 Å². The summed E-state index contributed by atoms with van der Waals surface area (Å²) in [6.45, 7) is 1.62. The molecule has 0 aromatic carbocycles. The van der Waals surface area contributed by atoms with Gasteiger partial charge in [-0.25, -0.2) is 0 Å². The van der Waals surface area contributed by atoms with E-state index in [-0.39, 0.29) is 5.69 Å². The number of hydrogen-bond donors (Lipinski definition) is 2. The molecular formula is C11H16N4O2. The predicted molar refractivity (Wildman–Crippen MR) is 61.7 cm³/mol. The van der Waals surface area contributed by atoms with Crippen molar-refractivity contribution >= 4 is 5.91 Å². The number of aromatic nitrogens is 2. The highest BCUT2D eigenvalue weighted by molar-refractivity contribution is 5.90. The average molecular weight is 236 g/mol. The second-order valence-electron chi connectivity index (χ2n) is 4.08. The Morgan fingerprint density at radius 3 is 2.94 bits per heavy atom. The number of primary amides is 1. The van der Waals surface area contributed by atoms with Crippen molar-refractivity contribution in [2.75, 3.05) is 13.2 Å². The molecule has 6 heteroatoms. The van der Waals surface area contributed by atoms with Crippen molar-refractivity contribution in [2.24, 2.45) is 5.73 Å². The number of ether oxygens (including phenoxy) is 1. The molecule has 2 rings (SSSR count). The van der Waals surface area contributed by atoms with Crippen molar-refractivity contribution in [1.82, 2.24) is 15.5 Å². The fourth-order valence-electron chi connectivity index (χ4n) is 1.78. The summed E-state index contributed by atoms with van der Waals surface area (Å²) in [7, 11) is 0. The molecule has 3 N–H and O–H groups in total. The fraction of sp³-hybridized carbons (Fsp3) is 0.545. The van der Waals surface area contributed by atoms with Crippen molar-refractivity contribution in [3.8, 4) is 5.88 Å². The lowest BCUT2D eigenvalue weighted by atomic mass is 10.1. The van der Waals surface area contributed by atoms with Crippen LogP contribution in [0.3, 0.4) is 0 Å². The van der Waals surface area contributed by atoms with Gasteiger partial charge in [-0.2, -0.15) is 0 Å². The standard InChI is InChI=1S/C11H16N4O2/c12-11(16)9-4-5-10(15-14-9)17-7-8-3-1-2-6-13-8/h4-5,8,13H,1-3,6-7H2,(H2,12,16). The van der Waals surface area contributed by atoms with Crippen LogP contribution in [0.25, 0.3) is 0 Å². The summed E-state index contributed by atoms with van der Waals surface area (Å²) >= 11 is 0. The average Bonchev–Trinajstić information content (AvgIpc) is 2.38. The van der Waals surface area contributed by atoms with Crippen molar-refractivity contribution < 1.29 is 9.53 Å². The summed E-state index contributed by atoms with van der Waals surface area (Å²) in [6.07, 6.45) is 3.57. The van der Waals surface area contributed by atoms with Gasteiger partial charge in [0.15, 0.2) is 5.69 Å². The van der Waals surface area contributed by atoms with Crippen molar-refractivity contribution in [1.29, 1.82) is 0 Å². The van der Waals surface area contributed by atoms with E-state index in [4.69, 9.17) is 10.5 Å². The quantitative estimate of drug-likeness (QED) is 0.773. The van der Waals surface area contributed by atoms with Gasteiger partial charge in [-0.1, -0.05) is 6.42 Å². The highest BCUT2D eigenvalue weighted by atomic mass is 16.5. The highest BCUT2D eigenvalue weighted by Gasteiger charge is 2.13. The fourth-order valence-corrected chi connectivity index (χ4v) is 1.78. The molecule has 1 aromatic heterocycles. The first-order valence-corrected chi connectivity index (χ1v) is 5.75. The molecule has 2 heterocycles. The third-order valence-corrected chi connectivity index (χ3v) is 2.74. The minimum atomic E-state index is -0.585. The van der Waals surface area contributed by atoms with Gasteiger partial charge in [-0.15, -0.1) is 10.2 Å². The number of rotatable bonds is 4. The van der Waals surface area contributed by atoms with Crippen LogP contribution in [0.1, 0.15) is 29.8 Å². The smallest absolute Gasteiger partial charge is 0.269 e. The van der Waals surface area contributed by atoms with Gasteiger partial charge in [0.05, 0.1) is 0 Å². The first kappa shape index (κ1) is 11.8. The minimum Gasteiger partial charge on any atom is -0.475 e. The van der Waals surface area contributed by atoms with Gasteiger partial charge in [-0.05, 0) is 25.5 Å². The summed E-state index contributed by atoms with van der Waals surface area (Å²) in [6, 6.07) is 3.50. The maximum Gasteiger partial charge on any atom is 0.269 e. The normalized spacial score (nSPS) is 19.9. The zero-order chi connectivity index (χ0) is 12.1. The van der Waals surface area contributed by atoms with Gasteiger partial charge in [0.1, 0.15) is 6.61 Å². The lowest BCUT2D eigenvalue weighted by Crippen LogP contribution is -2.38. The summed E-state index contributed by atoms with van der Waals surface area (Å²) in [5, 5.41) is 10.8. The third kappa shape index (κ3) is 3.39. The van der Waals surface area contributed by atoms with Crippen molar-refractivity contribution in [3.63, 3.8) is 0 Å². The van der Waals surface area contributed by atoms with Gasteiger partial charge < -0.3 is 15.8 Å². The predicted octanol–water partition coefficient (Wildman–Crippen LogP) is 0.0964. The Labute approximate surface area is 99.6 Å². The van der Waals surface area contributed by atoms with Gasteiger partial charge in [0.25, 0.3) is 5.91 Å². The van der Waals surface area contributed by atoms with Crippen LogP contribution in [0, 0.1) is 0 Å². The molecule has 1 fully saturated rings. The number of nitrogens with one attached hydrogen (secondary N) is 1. The summed E-state index contributed by atoms with van der Waals surface area (Å²) < 4.78 is 5.49. The van der Waals surface area contributed by atoms with Gasteiger partial charge in [0.2, 0.25) is 5.88 Å². The number of piperidine rings is 1. The molecular weight excluding hydrogens is 220 g/mol. The second kappa shape index (κ2) is 5.58. The zero-order valence-electron chi connectivity index (χ0n) is 9.56. The maximum absolute atomic E-state index is 10.8. The van der Waals surface area contributed by atoms with Crippen molar-refractivity contribution in [2.45, 2.75) is 25.3 Å². The molecule has 1 aliphatic heterocycles. The lowest BCUT2D eigenvalue weighted by molar-refractivity contribution is 0.0994. The number of nitrogens with zero attached hydrogens (tertiary/aromatic N) is 2. The lowest BCUT2D eigenvalue weighted by Gasteiger charge is -2.22. The number of amides is 1. The topological polar surface area (TPSA) is 90.1 Å². The molecule has 1 unspecified atom stereocenters. The second-order valence-corrected chi connectivity index (χ2v) is 4.08. The van der Waals surface area contributed by atoms with E-state index in [1.54, 1.807) is 6.07 Å². The largest absolute Gasteiger partial charge is 0.475 e. The molecule has 0 bridgehead atoms. The van der Waals surface area contributed by atoms with Gasteiger partial charge >= 0.3 is 0 Å². The van der Waals surface area contributed by atoms with Crippen LogP contribution in [0.15, 0.2) is 12.1 Å². The zero-order valence-corrected chi connectivity index (χ0v) is 9.56. The van der Waals surface area contributed by atoms with E-state index in [0.717, 1.165) is 13.0 Å². The van der Waals surface area contributed by atoms with Crippen LogP contribution in [0.2, 0.25) is 0 Å².